The van der Waals surface area contributed by atoms with Gasteiger partial charge in [-0.1, -0.05) is 11.8 Å². The van der Waals surface area contributed by atoms with E-state index < -0.39 is 5.97 Å². The normalized spacial score (nSPS) is 10.7. The fourth-order valence-corrected chi connectivity index (χ4v) is 1.84. The summed E-state index contributed by atoms with van der Waals surface area (Å²) in [5, 5.41) is 16.6. The van der Waals surface area contributed by atoms with Gasteiger partial charge in [-0.05, 0) is 0 Å². The van der Waals surface area contributed by atoms with Crippen molar-refractivity contribution in [3.8, 4) is 0 Å². The van der Waals surface area contributed by atoms with Gasteiger partial charge in [0.05, 0.1) is 32.1 Å². The highest BCUT2D eigenvalue weighted by molar-refractivity contribution is 7.99. The van der Waals surface area contributed by atoms with Crippen molar-refractivity contribution in [3.63, 3.8) is 0 Å². The number of carboxylic acids is 1. The molecule has 9 heteroatoms. The quantitative estimate of drug-likeness (QED) is 0.467. The van der Waals surface area contributed by atoms with Crippen molar-refractivity contribution in [1.82, 2.24) is 14.8 Å². The van der Waals surface area contributed by atoms with Gasteiger partial charge in [-0.2, -0.15) is 0 Å². The van der Waals surface area contributed by atoms with Gasteiger partial charge in [0, 0.05) is 7.11 Å². The predicted octanol–water partition coefficient (Wildman–Crippen LogP) is -0.300. The van der Waals surface area contributed by atoms with Gasteiger partial charge in [0.1, 0.15) is 0 Å². The fourth-order valence-electron chi connectivity index (χ4n) is 1.14. The number of nitrogens with two attached hydrogens (primary N) is 1. The summed E-state index contributed by atoms with van der Waals surface area (Å²) in [6.07, 6.45) is 0. The average molecular weight is 276 g/mol. The van der Waals surface area contributed by atoms with Gasteiger partial charge in [-0.3, -0.25) is 9.36 Å². The highest BCUT2D eigenvalue weighted by Crippen LogP contribution is 2.17. The van der Waals surface area contributed by atoms with E-state index in [1.807, 2.05) is 0 Å². The van der Waals surface area contributed by atoms with Gasteiger partial charge in [-0.15, -0.1) is 10.2 Å². The Labute approximate surface area is 108 Å². The maximum absolute atomic E-state index is 10.5. The van der Waals surface area contributed by atoms with Gasteiger partial charge >= 0.3 is 5.97 Å². The topological polar surface area (TPSA) is 112 Å². The molecule has 0 aliphatic heterocycles. The lowest BCUT2D eigenvalue weighted by molar-refractivity contribution is -0.133. The van der Waals surface area contributed by atoms with Crippen molar-refractivity contribution in [2.75, 3.05) is 38.4 Å². The van der Waals surface area contributed by atoms with Crippen molar-refractivity contribution >= 4 is 23.7 Å². The van der Waals surface area contributed by atoms with Crippen molar-refractivity contribution in [2.45, 2.75) is 11.7 Å². The summed E-state index contributed by atoms with van der Waals surface area (Å²) in [7, 11) is 1.60. The second kappa shape index (κ2) is 7.90. The van der Waals surface area contributed by atoms with Gasteiger partial charge < -0.3 is 20.3 Å². The Morgan fingerprint density at radius 3 is 2.89 bits per heavy atom. The Hall–Kier alpha value is -1.32. The lowest BCUT2D eigenvalue weighted by atomic mass is 10.6. The molecule has 0 atom stereocenters. The fraction of sp³-hybridized carbons (Fsp3) is 0.667. The largest absolute Gasteiger partial charge is 0.481 e. The summed E-state index contributed by atoms with van der Waals surface area (Å²) >= 11 is 1.07. The molecule has 0 radical (unpaired) electrons. The predicted molar refractivity (Wildman–Crippen MR) is 65.5 cm³/mol. The van der Waals surface area contributed by atoms with E-state index in [0.717, 1.165) is 11.8 Å². The van der Waals surface area contributed by atoms with Crippen molar-refractivity contribution in [2.24, 2.45) is 0 Å². The zero-order valence-electron chi connectivity index (χ0n) is 10.0. The first kappa shape index (κ1) is 14.7. The molecule has 0 unspecified atom stereocenters. The van der Waals surface area contributed by atoms with E-state index in [9.17, 15) is 4.79 Å². The van der Waals surface area contributed by atoms with Gasteiger partial charge in [0.15, 0.2) is 5.16 Å². The number of hydrogen-bond donors (Lipinski definition) is 2. The first-order chi connectivity index (χ1) is 8.65. The summed E-state index contributed by atoms with van der Waals surface area (Å²) < 4.78 is 11.8. The molecule has 1 aromatic heterocycles. The van der Waals surface area contributed by atoms with Gasteiger partial charge in [0.25, 0.3) is 0 Å². The second-order valence-corrected chi connectivity index (χ2v) is 4.22. The molecule has 0 aliphatic carbocycles. The number of rotatable bonds is 9. The van der Waals surface area contributed by atoms with Crippen LogP contribution in [0.15, 0.2) is 5.16 Å². The van der Waals surface area contributed by atoms with Gasteiger partial charge in [0.2, 0.25) is 5.95 Å². The van der Waals surface area contributed by atoms with Crippen LogP contribution in [0.5, 0.6) is 0 Å². The van der Waals surface area contributed by atoms with E-state index in [2.05, 4.69) is 10.2 Å². The van der Waals surface area contributed by atoms with Crippen LogP contribution in [-0.2, 0) is 20.8 Å². The van der Waals surface area contributed by atoms with E-state index in [0.29, 0.717) is 31.5 Å². The summed E-state index contributed by atoms with van der Waals surface area (Å²) in [5.74, 6) is -0.745. The molecular formula is C9H16N4O4S. The number of thioether (sulfide) groups is 1. The third-order valence-corrected chi connectivity index (χ3v) is 2.91. The van der Waals surface area contributed by atoms with E-state index in [1.54, 1.807) is 11.7 Å². The summed E-state index contributed by atoms with van der Waals surface area (Å²) in [6.45, 7) is 1.94. The minimum atomic E-state index is -0.913. The van der Waals surface area contributed by atoms with Crippen LogP contribution >= 0.6 is 11.8 Å². The number of carbonyl (C=O) groups is 1. The SMILES string of the molecule is COCCOCCn1c(N)nnc1SCC(=O)O. The number of aliphatic carboxylic acids is 1. The van der Waals surface area contributed by atoms with Crippen molar-refractivity contribution in [3.05, 3.63) is 0 Å². The molecule has 0 bridgehead atoms. The molecule has 3 N–H and O–H groups in total. The summed E-state index contributed by atoms with van der Waals surface area (Å²) in [6, 6.07) is 0. The molecule has 0 aromatic carbocycles. The Kier molecular flexibility index (Phi) is 6.47. The maximum atomic E-state index is 10.5. The van der Waals surface area contributed by atoms with Crippen LogP contribution in [0.25, 0.3) is 0 Å². The Balaban J connectivity index is 2.42. The zero-order valence-corrected chi connectivity index (χ0v) is 10.9. The lowest BCUT2D eigenvalue weighted by Gasteiger charge is -2.07. The Bertz CT molecular complexity index is 385. The molecule has 8 nitrogen and oxygen atoms in total. The minimum absolute atomic E-state index is 0.0807. The number of hydrogen-bond acceptors (Lipinski definition) is 7. The first-order valence-electron chi connectivity index (χ1n) is 5.25. The third-order valence-electron chi connectivity index (χ3n) is 1.96. The summed E-state index contributed by atoms with van der Waals surface area (Å²) in [5.41, 5.74) is 5.64. The molecular weight excluding hydrogens is 260 g/mol. The number of ether oxygens (including phenoxy) is 2. The molecule has 0 spiro atoms. The molecule has 0 saturated heterocycles. The summed E-state index contributed by atoms with van der Waals surface area (Å²) in [4.78, 5) is 10.5. The smallest absolute Gasteiger partial charge is 0.313 e. The number of nitrogen functional groups attached to an aromatic ring is 1. The van der Waals surface area contributed by atoms with Crippen LogP contribution in [0.1, 0.15) is 0 Å². The number of nitrogens with zero attached hydrogens (tertiary/aromatic N) is 3. The highest BCUT2D eigenvalue weighted by Gasteiger charge is 2.11. The Morgan fingerprint density at radius 2 is 2.22 bits per heavy atom. The van der Waals surface area contributed by atoms with Crippen LogP contribution in [-0.4, -0.2) is 58.5 Å². The second-order valence-electron chi connectivity index (χ2n) is 3.28. The zero-order chi connectivity index (χ0) is 13.4. The molecule has 1 heterocycles. The van der Waals surface area contributed by atoms with Gasteiger partial charge in [-0.25, -0.2) is 0 Å². The molecule has 0 saturated carbocycles. The van der Waals surface area contributed by atoms with E-state index in [4.69, 9.17) is 20.3 Å². The standard InChI is InChI=1S/C9H16N4O4S/c1-16-4-5-17-3-2-13-8(10)11-12-9(13)18-6-7(14)15/h2-6H2,1H3,(H2,10,11)(H,14,15). The van der Waals surface area contributed by atoms with Crippen molar-refractivity contribution < 1.29 is 19.4 Å². The number of aromatic nitrogens is 3. The average Bonchev–Trinajstić information content (AvgIpc) is 2.68. The van der Waals surface area contributed by atoms with Crippen molar-refractivity contribution in [1.29, 1.82) is 0 Å². The Morgan fingerprint density at radius 1 is 1.44 bits per heavy atom. The van der Waals surface area contributed by atoms with E-state index in [-0.39, 0.29) is 11.7 Å². The first-order valence-corrected chi connectivity index (χ1v) is 6.23. The minimum Gasteiger partial charge on any atom is -0.481 e. The number of methoxy groups -OCH3 is 1. The van der Waals surface area contributed by atoms with E-state index in [1.165, 1.54) is 0 Å². The molecule has 18 heavy (non-hydrogen) atoms. The monoisotopic (exact) mass is 276 g/mol. The highest BCUT2D eigenvalue weighted by atomic mass is 32.2. The van der Waals surface area contributed by atoms with Crippen LogP contribution in [0.2, 0.25) is 0 Å². The van der Waals surface area contributed by atoms with Crippen LogP contribution in [0, 0.1) is 0 Å². The molecule has 0 amide bonds. The van der Waals surface area contributed by atoms with Crippen LogP contribution in [0.4, 0.5) is 5.95 Å². The number of anilines is 1. The molecule has 1 rings (SSSR count). The maximum Gasteiger partial charge on any atom is 0.313 e. The van der Waals surface area contributed by atoms with E-state index >= 15 is 0 Å². The molecule has 1 aromatic rings. The molecule has 102 valence electrons. The molecule has 0 aliphatic rings. The number of carboxylic acid groups (broad SMARTS) is 1. The van der Waals surface area contributed by atoms with Crippen LogP contribution < -0.4 is 5.73 Å². The lowest BCUT2D eigenvalue weighted by Crippen LogP contribution is -2.12. The van der Waals surface area contributed by atoms with Crippen LogP contribution in [0.3, 0.4) is 0 Å². The third kappa shape index (κ3) is 4.90. The molecule has 0 fully saturated rings.